The number of nitrogens with zero attached hydrogens (tertiary/aromatic N) is 1. The fourth-order valence-corrected chi connectivity index (χ4v) is 2.96. The summed E-state index contributed by atoms with van der Waals surface area (Å²) < 4.78 is 24.1. The molecule has 1 N–H and O–H groups in total. The molecular weight excluding hydrogens is 363 g/mol. The molecule has 6 nitrogen and oxygen atoms in total. The van der Waals surface area contributed by atoms with Crippen molar-refractivity contribution in [2.75, 3.05) is 26.1 Å². The summed E-state index contributed by atoms with van der Waals surface area (Å²) in [6.45, 7) is 3.65. The zero-order chi connectivity index (χ0) is 20.3. The summed E-state index contributed by atoms with van der Waals surface area (Å²) in [6.07, 6.45) is 1.47. The number of hydrogen-bond acceptors (Lipinski definition) is 5. The molecule has 0 saturated heterocycles. The van der Waals surface area contributed by atoms with Crippen LogP contribution in [0.25, 0.3) is 5.57 Å². The van der Waals surface area contributed by atoms with Crippen molar-refractivity contribution in [3.63, 3.8) is 0 Å². The second-order valence-corrected chi connectivity index (χ2v) is 5.96. The summed E-state index contributed by atoms with van der Waals surface area (Å²) in [5, 5.41) is 2.89. The van der Waals surface area contributed by atoms with Crippen LogP contribution in [0.5, 0.6) is 11.5 Å². The quantitative estimate of drug-likeness (QED) is 0.588. The van der Waals surface area contributed by atoms with Gasteiger partial charge in [0.05, 0.1) is 19.8 Å². The second-order valence-electron chi connectivity index (χ2n) is 5.96. The molecule has 0 bridgehead atoms. The van der Waals surface area contributed by atoms with Crippen molar-refractivity contribution in [1.29, 1.82) is 0 Å². The molecule has 0 fully saturated rings. The van der Waals surface area contributed by atoms with Gasteiger partial charge >= 0.3 is 0 Å². The van der Waals surface area contributed by atoms with Gasteiger partial charge < -0.3 is 14.8 Å². The van der Waals surface area contributed by atoms with Crippen LogP contribution in [0.3, 0.4) is 0 Å². The number of carbonyl (C=O) groups is 2. The van der Waals surface area contributed by atoms with Crippen LogP contribution in [0.15, 0.2) is 60.8 Å². The van der Waals surface area contributed by atoms with Crippen LogP contribution in [0.2, 0.25) is 0 Å². The third-order valence-electron chi connectivity index (χ3n) is 4.25. The van der Waals surface area contributed by atoms with E-state index in [0.717, 1.165) is 4.90 Å². The molecule has 0 radical (unpaired) electrons. The fourth-order valence-electron chi connectivity index (χ4n) is 2.96. The number of imide groups is 1. The van der Waals surface area contributed by atoms with E-state index < -0.39 is 17.6 Å². The number of rotatable bonds is 7. The largest absolute Gasteiger partial charge is 0.493 e. The van der Waals surface area contributed by atoms with E-state index in [4.69, 9.17) is 9.47 Å². The van der Waals surface area contributed by atoms with Crippen LogP contribution in [-0.2, 0) is 9.59 Å². The van der Waals surface area contributed by atoms with Crippen LogP contribution in [-0.4, -0.2) is 37.5 Å². The number of anilines is 1. The van der Waals surface area contributed by atoms with E-state index in [2.05, 4.69) is 11.9 Å². The first kappa shape index (κ1) is 19.2. The summed E-state index contributed by atoms with van der Waals surface area (Å²) in [5.74, 6) is -0.542. The first-order chi connectivity index (χ1) is 13.5. The molecule has 3 rings (SSSR count). The average molecular weight is 382 g/mol. The van der Waals surface area contributed by atoms with Crippen molar-refractivity contribution < 1.29 is 23.5 Å². The van der Waals surface area contributed by atoms with E-state index in [-0.39, 0.29) is 17.8 Å². The van der Waals surface area contributed by atoms with E-state index in [1.165, 1.54) is 38.5 Å². The molecule has 144 valence electrons. The number of nitrogens with one attached hydrogen (secondary N) is 1. The number of ether oxygens (including phenoxy) is 2. The highest BCUT2D eigenvalue weighted by Crippen LogP contribution is 2.35. The van der Waals surface area contributed by atoms with Crippen molar-refractivity contribution >= 4 is 23.1 Å². The van der Waals surface area contributed by atoms with Gasteiger partial charge in [-0.2, -0.15) is 0 Å². The number of amides is 2. The molecule has 0 saturated carbocycles. The molecule has 1 aliphatic rings. The second kappa shape index (κ2) is 7.96. The maximum absolute atomic E-state index is 13.6. The Bertz CT molecular complexity index is 984. The van der Waals surface area contributed by atoms with E-state index in [9.17, 15) is 14.0 Å². The Labute approximate surface area is 161 Å². The molecule has 7 heteroatoms. The van der Waals surface area contributed by atoms with Gasteiger partial charge in [-0.3, -0.25) is 14.5 Å². The standard InChI is InChI=1S/C21H19FN2O4/c1-4-10-24-20(25)18(13-8-9-16(27-2)17(11-13)28-3)19(21(24)26)23-15-7-5-6-14(22)12-15/h4-9,11-12,23H,1,10H2,2-3H3. The lowest BCUT2D eigenvalue weighted by Gasteiger charge is -2.12. The molecule has 0 spiro atoms. The Kier molecular flexibility index (Phi) is 5.44. The minimum atomic E-state index is -0.515. The van der Waals surface area contributed by atoms with Crippen LogP contribution in [0.4, 0.5) is 10.1 Å². The van der Waals surface area contributed by atoms with Gasteiger partial charge in [0.25, 0.3) is 11.8 Å². The van der Waals surface area contributed by atoms with Crippen molar-refractivity contribution in [1.82, 2.24) is 4.90 Å². The van der Waals surface area contributed by atoms with Gasteiger partial charge in [-0.25, -0.2) is 4.39 Å². The van der Waals surface area contributed by atoms with Crippen LogP contribution in [0.1, 0.15) is 5.56 Å². The highest BCUT2D eigenvalue weighted by atomic mass is 19.1. The fraction of sp³-hybridized carbons (Fsp3) is 0.143. The lowest BCUT2D eigenvalue weighted by atomic mass is 10.0. The molecule has 0 atom stereocenters. The van der Waals surface area contributed by atoms with E-state index in [1.807, 2.05) is 0 Å². The monoisotopic (exact) mass is 382 g/mol. The minimum Gasteiger partial charge on any atom is -0.493 e. The Hall–Kier alpha value is -3.61. The SMILES string of the molecule is C=CCN1C(=O)C(Nc2cccc(F)c2)=C(c2ccc(OC)c(OC)c2)C1=O. The Balaban J connectivity index is 2.12. The lowest BCUT2D eigenvalue weighted by molar-refractivity contribution is -0.136. The van der Waals surface area contributed by atoms with Crippen molar-refractivity contribution in [2.24, 2.45) is 0 Å². The molecule has 0 unspecified atom stereocenters. The first-order valence-corrected chi connectivity index (χ1v) is 8.46. The van der Waals surface area contributed by atoms with Gasteiger partial charge in [0, 0.05) is 12.2 Å². The number of methoxy groups -OCH3 is 2. The van der Waals surface area contributed by atoms with E-state index in [1.54, 1.807) is 24.3 Å². The molecule has 28 heavy (non-hydrogen) atoms. The zero-order valence-corrected chi connectivity index (χ0v) is 15.5. The summed E-state index contributed by atoms with van der Waals surface area (Å²) in [5.41, 5.74) is 1.05. The van der Waals surface area contributed by atoms with E-state index in [0.29, 0.717) is 22.7 Å². The average Bonchev–Trinajstić information content (AvgIpc) is 2.92. The van der Waals surface area contributed by atoms with Gasteiger partial charge in [0.2, 0.25) is 0 Å². The minimum absolute atomic E-state index is 0.0583. The Morgan fingerprint density at radius 3 is 2.46 bits per heavy atom. The van der Waals surface area contributed by atoms with Crippen molar-refractivity contribution in [3.05, 3.63) is 72.2 Å². The number of carbonyl (C=O) groups excluding carboxylic acids is 2. The Morgan fingerprint density at radius 1 is 1.07 bits per heavy atom. The summed E-state index contributed by atoms with van der Waals surface area (Å²) in [6, 6.07) is 10.6. The number of benzene rings is 2. The van der Waals surface area contributed by atoms with E-state index >= 15 is 0 Å². The smallest absolute Gasteiger partial charge is 0.278 e. The third-order valence-corrected chi connectivity index (χ3v) is 4.25. The molecular formula is C21H19FN2O4. The predicted octanol–water partition coefficient (Wildman–Crippen LogP) is 3.22. The van der Waals surface area contributed by atoms with Gasteiger partial charge in [-0.15, -0.1) is 6.58 Å². The normalized spacial score (nSPS) is 13.8. The Morgan fingerprint density at radius 2 is 1.82 bits per heavy atom. The molecule has 1 heterocycles. The van der Waals surface area contributed by atoms with Crippen LogP contribution < -0.4 is 14.8 Å². The molecule has 0 aliphatic carbocycles. The topological polar surface area (TPSA) is 67.9 Å². The predicted molar refractivity (Wildman–Crippen MR) is 103 cm³/mol. The highest BCUT2D eigenvalue weighted by molar-refractivity contribution is 6.36. The summed E-state index contributed by atoms with van der Waals surface area (Å²) in [7, 11) is 2.98. The summed E-state index contributed by atoms with van der Waals surface area (Å²) in [4.78, 5) is 26.9. The molecule has 2 amide bonds. The van der Waals surface area contributed by atoms with Gasteiger partial charge in [0.15, 0.2) is 11.5 Å². The maximum Gasteiger partial charge on any atom is 0.278 e. The maximum atomic E-state index is 13.6. The van der Waals surface area contributed by atoms with Crippen LogP contribution >= 0.6 is 0 Å². The van der Waals surface area contributed by atoms with Gasteiger partial charge in [0.1, 0.15) is 11.5 Å². The van der Waals surface area contributed by atoms with Gasteiger partial charge in [-0.1, -0.05) is 18.2 Å². The number of halogens is 1. The van der Waals surface area contributed by atoms with Crippen molar-refractivity contribution in [3.8, 4) is 11.5 Å². The summed E-state index contributed by atoms with van der Waals surface area (Å²) >= 11 is 0. The van der Waals surface area contributed by atoms with Gasteiger partial charge in [-0.05, 0) is 35.9 Å². The first-order valence-electron chi connectivity index (χ1n) is 8.46. The molecule has 2 aromatic rings. The molecule has 1 aliphatic heterocycles. The highest BCUT2D eigenvalue weighted by Gasteiger charge is 2.38. The zero-order valence-electron chi connectivity index (χ0n) is 15.5. The van der Waals surface area contributed by atoms with Crippen molar-refractivity contribution in [2.45, 2.75) is 0 Å². The third kappa shape index (κ3) is 3.46. The molecule has 0 aromatic heterocycles. The lowest BCUT2D eigenvalue weighted by Crippen LogP contribution is -2.32. The van der Waals surface area contributed by atoms with Crippen LogP contribution in [0, 0.1) is 5.82 Å². The number of hydrogen-bond donors (Lipinski definition) is 1. The molecule has 2 aromatic carbocycles.